The van der Waals surface area contributed by atoms with Crippen LogP contribution in [-0.2, 0) is 12.4 Å². The number of rotatable bonds is 7. The van der Waals surface area contributed by atoms with Crippen molar-refractivity contribution in [2.75, 3.05) is 0 Å². The molecule has 0 atom stereocenters. The normalized spacial score (nSPS) is 10.9. The molecule has 0 saturated heterocycles. The fraction of sp³-hybridized carbons (Fsp3) is 0.200. The lowest BCUT2D eigenvalue weighted by atomic mass is 10.1. The minimum atomic E-state index is 0.217. The predicted molar refractivity (Wildman–Crippen MR) is 104 cm³/mol. The largest absolute Gasteiger partial charge is 0.484 e. The van der Waals surface area contributed by atoms with Crippen LogP contribution in [-0.4, -0.2) is 20.4 Å². The van der Waals surface area contributed by atoms with E-state index in [-0.39, 0.29) is 6.61 Å². The lowest BCUT2D eigenvalue weighted by Gasteiger charge is -2.05. The molecule has 0 unspecified atom stereocenters. The summed E-state index contributed by atoms with van der Waals surface area (Å²) in [5.74, 6) is 2.63. The molecule has 0 spiro atoms. The number of aromatic nitrogens is 4. The minimum absolute atomic E-state index is 0.217. The SMILES string of the molecule is Cc1cc(C)cc(OCc2nnc(SCc3nnc(-c4ccccc4)o3)o2)c1. The van der Waals surface area contributed by atoms with Crippen molar-refractivity contribution >= 4 is 11.8 Å². The average molecular weight is 394 g/mol. The van der Waals surface area contributed by atoms with Crippen molar-refractivity contribution in [3.05, 3.63) is 71.4 Å². The molecule has 0 bridgehead atoms. The molecule has 4 rings (SSSR count). The first-order valence-corrected chi connectivity index (χ1v) is 9.68. The molecule has 0 fully saturated rings. The molecule has 142 valence electrons. The monoisotopic (exact) mass is 394 g/mol. The van der Waals surface area contributed by atoms with Crippen molar-refractivity contribution in [2.24, 2.45) is 0 Å². The smallest absolute Gasteiger partial charge is 0.277 e. The van der Waals surface area contributed by atoms with Crippen LogP contribution in [0.1, 0.15) is 22.9 Å². The van der Waals surface area contributed by atoms with Gasteiger partial charge >= 0.3 is 0 Å². The fourth-order valence-corrected chi connectivity index (χ4v) is 3.27. The molecule has 7 nitrogen and oxygen atoms in total. The van der Waals surface area contributed by atoms with E-state index in [9.17, 15) is 0 Å². The molecule has 28 heavy (non-hydrogen) atoms. The molecule has 0 radical (unpaired) electrons. The molecule has 0 aliphatic rings. The zero-order chi connectivity index (χ0) is 19.3. The summed E-state index contributed by atoms with van der Waals surface area (Å²) in [5.41, 5.74) is 3.17. The highest BCUT2D eigenvalue weighted by molar-refractivity contribution is 7.98. The molecule has 0 saturated carbocycles. The maximum absolute atomic E-state index is 5.74. The summed E-state index contributed by atoms with van der Waals surface area (Å²) >= 11 is 1.34. The van der Waals surface area contributed by atoms with Gasteiger partial charge in [-0.05, 0) is 49.2 Å². The lowest BCUT2D eigenvalue weighted by Crippen LogP contribution is -1.96. The Balaban J connectivity index is 1.32. The molecule has 0 aliphatic carbocycles. The molecule has 0 N–H and O–H groups in total. The number of hydrogen-bond acceptors (Lipinski definition) is 8. The van der Waals surface area contributed by atoms with E-state index in [1.165, 1.54) is 11.8 Å². The molecular formula is C20H18N4O3S. The van der Waals surface area contributed by atoms with Crippen molar-refractivity contribution in [1.82, 2.24) is 20.4 Å². The Bertz CT molecular complexity index is 1040. The number of thioether (sulfide) groups is 1. The molecule has 8 heteroatoms. The second-order valence-corrected chi connectivity index (χ2v) is 7.16. The van der Waals surface area contributed by atoms with Gasteiger partial charge < -0.3 is 13.6 Å². The van der Waals surface area contributed by atoms with Gasteiger partial charge in [-0.25, -0.2) is 0 Å². The van der Waals surface area contributed by atoms with Crippen LogP contribution in [0.4, 0.5) is 0 Å². The Morgan fingerprint density at radius 1 is 0.857 bits per heavy atom. The highest BCUT2D eigenvalue weighted by Gasteiger charge is 2.12. The van der Waals surface area contributed by atoms with Crippen molar-refractivity contribution in [2.45, 2.75) is 31.4 Å². The van der Waals surface area contributed by atoms with E-state index >= 15 is 0 Å². The first-order valence-electron chi connectivity index (χ1n) is 8.70. The van der Waals surface area contributed by atoms with E-state index in [1.54, 1.807) is 0 Å². The van der Waals surface area contributed by atoms with Gasteiger partial charge in [0.2, 0.25) is 11.8 Å². The summed E-state index contributed by atoms with van der Waals surface area (Å²) in [4.78, 5) is 0. The van der Waals surface area contributed by atoms with Crippen LogP contribution in [0.3, 0.4) is 0 Å². The Kier molecular flexibility index (Phi) is 5.38. The zero-order valence-corrected chi connectivity index (χ0v) is 16.3. The molecule has 2 heterocycles. The number of hydrogen-bond donors (Lipinski definition) is 0. The van der Waals surface area contributed by atoms with Crippen LogP contribution in [0, 0.1) is 13.8 Å². The van der Waals surface area contributed by atoms with Gasteiger partial charge in [-0.3, -0.25) is 0 Å². The van der Waals surface area contributed by atoms with Gasteiger partial charge in [0.15, 0.2) is 6.61 Å². The summed E-state index contributed by atoms with van der Waals surface area (Å²) in [6.07, 6.45) is 0. The summed E-state index contributed by atoms with van der Waals surface area (Å²) < 4.78 is 17.0. The van der Waals surface area contributed by atoms with E-state index in [0.717, 1.165) is 22.4 Å². The third-order valence-electron chi connectivity index (χ3n) is 3.81. The number of aryl methyl sites for hydroxylation is 2. The van der Waals surface area contributed by atoms with Gasteiger partial charge in [0.05, 0.1) is 5.75 Å². The molecule has 2 aromatic carbocycles. The minimum Gasteiger partial charge on any atom is -0.484 e. The van der Waals surface area contributed by atoms with Gasteiger partial charge in [-0.1, -0.05) is 36.0 Å². The van der Waals surface area contributed by atoms with Crippen LogP contribution in [0.2, 0.25) is 0 Å². The van der Waals surface area contributed by atoms with E-state index in [0.29, 0.717) is 28.6 Å². The van der Waals surface area contributed by atoms with Crippen molar-refractivity contribution < 1.29 is 13.6 Å². The maximum atomic E-state index is 5.74. The summed E-state index contributed by atoms with van der Waals surface area (Å²) in [6, 6.07) is 15.7. The van der Waals surface area contributed by atoms with Gasteiger partial charge in [-0.2, -0.15) is 0 Å². The van der Waals surface area contributed by atoms with Gasteiger partial charge in [-0.15, -0.1) is 20.4 Å². The Labute approximate surface area is 166 Å². The topological polar surface area (TPSA) is 87.1 Å². The van der Waals surface area contributed by atoms with Crippen molar-refractivity contribution in [3.63, 3.8) is 0 Å². The van der Waals surface area contributed by atoms with Crippen LogP contribution in [0.25, 0.3) is 11.5 Å². The molecule has 0 amide bonds. The molecule has 2 aromatic heterocycles. The molecule has 4 aromatic rings. The second kappa shape index (κ2) is 8.26. The Morgan fingerprint density at radius 3 is 2.39 bits per heavy atom. The maximum Gasteiger partial charge on any atom is 0.277 e. The Morgan fingerprint density at radius 2 is 1.61 bits per heavy atom. The predicted octanol–water partition coefficient (Wildman–Crippen LogP) is 4.61. The Hall–Kier alpha value is -3.13. The van der Waals surface area contributed by atoms with Crippen LogP contribution < -0.4 is 4.74 Å². The van der Waals surface area contributed by atoms with Gasteiger partial charge in [0, 0.05) is 5.56 Å². The highest BCUT2D eigenvalue weighted by Crippen LogP contribution is 2.24. The molecular weight excluding hydrogens is 376 g/mol. The van der Waals surface area contributed by atoms with Crippen molar-refractivity contribution in [3.8, 4) is 17.2 Å². The van der Waals surface area contributed by atoms with E-state index in [4.69, 9.17) is 13.6 Å². The fourth-order valence-electron chi connectivity index (χ4n) is 2.65. The number of ether oxygens (including phenoxy) is 1. The standard InChI is InChI=1S/C20H18N4O3S/c1-13-8-14(2)10-16(9-13)25-11-17-21-24-20(27-17)28-12-18-22-23-19(26-18)15-6-4-3-5-7-15/h3-10H,11-12H2,1-2H3. The van der Waals surface area contributed by atoms with E-state index in [1.807, 2.05) is 56.3 Å². The van der Waals surface area contributed by atoms with E-state index < -0.39 is 0 Å². The van der Waals surface area contributed by atoms with Crippen LogP contribution >= 0.6 is 11.8 Å². The van der Waals surface area contributed by atoms with Crippen molar-refractivity contribution in [1.29, 1.82) is 0 Å². The third-order valence-corrected chi connectivity index (χ3v) is 4.62. The first kappa shape index (κ1) is 18.2. The lowest BCUT2D eigenvalue weighted by molar-refractivity contribution is 0.252. The van der Waals surface area contributed by atoms with Crippen LogP contribution in [0.5, 0.6) is 5.75 Å². The summed E-state index contributed by atoms with van der Waals surface area (Å²) in [6.45, 7) is 4.28. The van der Waals surface area contributed by atoms with Gasteiger partial charge in [0.25, 0.3) is 11.1 Å². The van der Waals surface area contributed by atoms with E-state index in [2.05, 4.69) is 26.5 Å². The highest BCUT2D eigenvalue weighted by atomic mass is 32.2. The number of nitrogens with zero attached hydrogens (tertiary/aromatic N) is 4. The first-order chi connectivity index (χ1) is 13.7. The molecule has 0 aliphatic heterocycles. The third kappa shape index (κ3) is 4.58. The number of benzene rings is 2. The average Bonchev–Trinajstić information content (AvgIpc) is 3.34. The quantitative estimate of drug-likeness (QED) is 0.420. The zero-order valence-electron chi connectivity index (χ0n) is 15.5. The summed E-state index contributed by atoms with van der Waals surface area (Å²) in [5, 5.41) is 16.6. The van der Waals surface area contributed by atoms with Gasteiger partial charge in [0.1, 0.15) is 5.75 Å². The summed E-state index contributed by atoms with van der Waals surface area (Å²) in [7, 11) is 0. The van der Waals surface area contributed by atoms with Crippen LogP contribution in [0.15, 0.2) is 62.6 Å². The second-order valence-electron chi connectivity index (χ2n) is 6.23.